The topological polar surface area (TPSA) is 38.8 Å². The number of hydrogen-bond acceptors (Lipinski definition) is 4. The van der Waals surface area contributed by atoms with Gasteiger partial charge in [-0.2, -0.15) is 0 Å². The molecule has 0 aliphatic carbocycles. The Hall–Kier alpha value is -2.87. The van der Waals surface area contributed by atoms with E-state index in [-0.39, 0.29) is 5.97 Å². The van der Waals surface area contributed by atoms with E-state index in [0.717, 1.165) is 44.0 Å². The number of methoxy groups -OCH3 is 1. The second-order valence-corrected chi connectivity index (χ2v) is 6.30. The molecule has 2 aromatic carbocycles. The van der Waals surface area contributed by atoms with E-state index in [1.54, 1.807) is 12.1 Å². The third-order valence-corrected chi connectivity index (χ3v) is 4.37. The van der Waals surface area contributed by atoms with E-state index in [9.17, 15) is 4.79 Å². The molecule has 0 aromatic heterocycles. The molecule has 0 N–H and O–H groups in total. The third kappa shape index (κ3) is 5.82. The minimum atomic E-state index is -0.331. The van der Waals surface area contributed by atoms with Gasteiger partial charge in [0.1, 0.15) is 0 Å². The SMILES string of the molecule is COC(=O)c1ccc(/C=C/C#Cc2ccc(CN3CCOCC3)cc2)cc1. The second kappa shape index (κ2) is 9.72. The van der Waals surface area contributed by atoms with Crippen LogP contribution >= 0.6 is 0 Å². The summed E-state index contributed by atoms with van der Waals surface area (Å²) >= 11 is 0. The number of esters is 1. The van der Waals surface area contributed by atoms with Crippen LogP contribution in [0.4, 0.5) is 0 Å². The molecule has 2 aromatic rings. The van der Waals surface area contributed by atoms with Gasteiger partial charge in [0.25, 0.3) is 0 Å². The van der Waals surface area contributed by atoms with Crippen molar-refractivity contribution in [2.45, 2.75) is 6.54 Å². The molecule has 4 heteroatoms. The first-order chi connectivity index (χ1) is 13.2. The van der Waals surface area contributed by atoms with Crippen molar-refractivity contribution in [2.75, 3.05) is 33.4 Å². The molecule has 0 bridgehead atoms. The quantitative estimate of drug-likeness (QED) is 0.618. The highest BCUT2D eigenvalue weighted by molar-refractivity contribution is 5.89. The van der Waals surface area contributed by atoms with Gasteiger partial charge < -0.3 is 9.47 Å². The number of morpholine rings is 1. The molecule has 0 unspecified atom stereocenters. The van der Waals surface area contributed by atoms with Gasteiger partial charge in [-0.25, -0.2) is 4.79 Å². The second-order valence-electron chi connectivity index (χ2n) is 6.30. The molecule has 27 heavy (non-hydrogen) atoms. The minimum absolute atomic E-state index is 0.331. The lowest BCUT2D eigenvalue weighted by Gasteiger charge is -2.26. The first-order valence-electron chi connectivity index (χ1n) is 9.00. The molecule has 1 heterocycles. The fraction of sp³-hybridized carbons (Fsp3) is 0.261. The lowest BCUT2D eigenvalue weighted by Crippen LogP contribution is -2.35. The zero-order valence-corrected chi connectivity index (χ0v) is 15.5. The van der Waals surface area contributed by atoms with Gasteiger partial charge in [0.2, 0.25) is 0 Å². The standard InChI is InChI=1S/C23H23NO3/c1-26-23(25)22-12-10-20(11-13-22)5-3-2-4-19-6-8-21(9-7-19)18-24-14-16-27-17-15-24/h3,5-13H,14-18H2,1H3/b5-3+. The molecule has 4 nitrogen and oxygen atoms in total. The smallest absolute Gasteiger partial charge is 0.337 e. The van der Waals surface area contributed by atoms with Crippen molar-refractivity contribution in [1.82, 2.24) is 4.90 Å². The van der Waals surface area contributed by atoms with E-state index in [2.05, 4.69) is 45.7 Å². The van der Waals surface area contributed by atoms with Crippen LogP contribution in [-0.2, 0) is 16.0 Å². The Morgan fingerprint density at radius 3 is 2.48 bits per heavy atom. The van der Waals surface area contributed by atoms with Gasteiger partial charge in [0.05, 0.1) is 25.9 Å². The number of allylic oxidation sites excluding steroid dienone is 1. The maximum absolute atomic E-state index is 11.4. The van der Waals surface area contributed by atoms with Gasteiger partial charge in [-0.1, -0.05) is 36.1 Å². The normalized spacial score (nSPS) is 14.6. The Morgan fingerprint density at radius 1 is 1.11 bits per heavy atom. The zero-order chi connectivity index (χ0) is 18.9. The summed E-state index contributed by atoms with van der Waals surface area (Å²) in [4.78, 5) is 13.8. The summed E-state index contributed by atoms with van der Waals surface area (Å²) in [6.45, 7) is 4.58. The van der Waals surface area contributed by atoms with Crippen LogP contribution in [0, 0.1) is 11.8 Å². The van der Waals surface area contributed by atoms with Gasteiger partial charge in [-0.05, 0) is 47.5 Å². The van der Waals surface area contributed by atoms with Crippen molar-refractivity contribution in [3.8, 4) is 11.8 Å². The first kappa shape index (κ1) is 18.9. The molecule has 1 fully saturated rings. The monoisotopic (exact) mass is 361 g/mol. The van der Waals surface area contributed by atoms with Gasteiger partial charge in [0.15, 0.2) is 0 Å². The van der Waals surface area contributed by atoms with Gasteiger partial charge >= 0.3 is 5.97 Å². The van der Waals surface area contributed by atoms with Crippen molar-refractivity contribution in [1.29, 1.82) is 0 Å². The lowest BCUT2D eigenvalue weighted by molar-refractivity contribution is 0.0342. The maximum atomic E-state index is 11.4. The van der Waals surface area contributed by atoms with Crippen molar-refractivity contribution >= 4 is 12.0 Å². The van der Waals surface area contributed by atoms with Crippen molar-refractivity contribution in [3.63, 3.8) is 0 Å². The summed E-state index contributed by atoms with van der Waals surface area (Å²) in [5, 5.41) is 0. The Kier molecular flexibility index (Phi) is 6.81. The molecule has 0 radical (unpaired) electrons. The molecular formula is C23H23NO3. The fourth-order valence-electron chi connectivity index (χ4n) is 2.82. The largest absolute Gasteiger partial charge is 0.465 e. The summed E-state index contributed by atoms with van der Waals surface area (Å²) in [6, 6.07) is 15.6. The highest BCUT2D eigenvalue weighted by atomic mass is 16.5. The van der Waals surface area contributed by atoms with Crippen molar-refractivity contribution in [3.05, 3.63) is 76.9 Å². The molecule has 0 atom stereocenters. The van der Waals surface area contributed by atoms with E-state index in [4.69, 9.17) is 4.74 Å². The summed E-state index contributed by atoms with van der Waals surface area (Å²) in [7, 11) is 1.38. The molecule has 1 aliphatic rings. The molecule has 1 aliphatic heterocycles. The van der Waals surface area contributed by atoms with Gasteiger partial charge in [-0.3, -0.25) is 4.90 Å². The van der Waals surface area contributed by atoms with Gasteiger partial charge in [0, 0.05) is 25.2 Å². The number of carbonyl (C=O) groups is 1. The van der Waals surface area contributed by atoms with Crippen molar-refractivity contribution < 1.29 is 14.3 Å². The Labute approximate surface area is 160 Å². The average Bonchev–Trinajstić information content (AvgIpc) is 2.73. The van der Waals surface area contributed by atoms with Gasteiger partial charge in [-0.15, -0.1) is 0 Å². The Morgan fingerprint density at radius 2 is 1.81 bits per heavy atom. The molecule has 3 rings (SSSR count). The van der Waals surface area contributed by atoms with Crippen LogP contribution in [-0.4, -0.2) is 44.3 Å². The van der Waals surface area contributed by atoms with Crippen LogP contribution in [0.5, 0.6) is 0 Å². The van der Waals surface area contributed by atoms with Crippen LogP contribution in [0.3, 0.4) is 0 Å². The lowest BCUT2D eigenvalue weighted by atomic mass is 10.1. The van der Waals surface area contributed by atoms with Crippen LogP contribution in [0.1, 0.15) is 27.0 Å². The molecule has 1 saturated heterocycles. The van der Waals surface area contributed by atoms with Crippen LogP contribution < -0.4 is 0 Å². The number of rotatable bonds is 4. The number of benzene rings is 2. The number of ether oxygens (including phenoxy) is 2. The molecule has 0 spiro atoms. The Balaban J connectivity index is 1.54. The molecule has 138 valence electrons. The minimum Gasteiger partial charge on any atom is -0.465 e. The van der Waals surface area contributed by atoms with E-state index in [0.29, 0.717) is 5.56 Å². The molecular weight excluding hydrogens is 338 g/mol. The predicted molar refractivity (Wildman–Crippen MR) is 106 cm³/mol. The van der Waals surface area contributed by atoms with Crippen molar-refractivity contribution in [2.24, 2.45) is 0 Å². The fourth-order valence-corrected chi connectivity index (χ4v) is 2.82. The summed E-state index contributed by atoms with van der Waals surface area (Å²) in [6.07, 6.45) is 3.73. The number of carbonyl (C=O) groups excluding carboxylic acids is 1. The zero-order valence-electron chi connectivity index (χ0n) is 15.5. The maximum Gasteiger partial charge on any atom is 0.337 e. The molecule has 0 saturated carbocycles. The highest BCUT2D eigenvalue weighted by Crippen LogP contribution is 2.09. The number of nitrogens with zero attached hydrogens (tertiary/aromatic N) is 1. The van der Waals surface area contributed by atoms with Crippen LogP contribution in [0.25, 0.3) is 6.08 Å². The predicted octanol–water partition coefficient (Wildman–Crippen LogP) is 3.37. The van der Waals surface area contributed by atoms with E-state index < -0.39 is 0 Å². The Bertz CT molecular complexity index is 836. The van der Waals surface area contributed by atoms with E-state index in [1.807, 2.05) is 24.3 Å². The molecule has 0 amide bonds. The summed E-state index contributed by atoms with van der Waals surface area (Å²) < 4.78 is 10.1. The van der Waals surface area contributed by atoms with E-state index >= 15 is 0 Å². The summed E-state index contributed by atoms with van der Waals surface area (Å²) in [5.74, 6) is 5.86. The summed E-state index contributed by atoms with van der Waals surface area (Å²) in [5.41, 5.74) is 3.81. The average molecular weight is 361 g/mol. The van der Waals surface area contributed by atoms with E-state index in [1.165, 1.54) is 12.7 Å². The first-order valence-corrected chi connectivity index (χ1v) is 9.00. The highest BCUT2D eigenvalue weighted by Gasteiger charge is 2.10. The number of hydrogen-bond donors (Lipinski definition) is 0. The van der Waals surface area contributed by atoms with Crippen LogP contribution in [0.2, 0.25) is 0 Å². The van der Waals surface area contributed by atoms with Crippen LogP contribution in [0.15, 0.2) is 54.6 Å². The third-order valence-electron chi connectivity index (χ3n) is 4.37.